The third-order valence-electron chi connectivity index (χ3n) is 25.4. The fraction of sp³-hybridized carbons (Fsp3) is 0.533. The van der Waals surface area contributed by atoms with E-state index in [4.69, 9.17) is 37.9 Å². The van der Waals surface area contributed by atoms with Crippen LogP contribution < -0.4 is 37.9 Å². The van der Waals surface area contributed by atoms with Gasteiger partial charge in [-0.25, -0.2) is 0 Å². The van der Waals surface area contributed by atoms with Gasteiger partial charge in [0.1, 0.15) is 46.0 Å². The van der Waals surface area contributed by atoms with Crippen LogP contribution in [0.15, 0.2) is 97.1 Å². The van der Waals surface area contributed by atoms with Gasteiger partial charge < -0.3 is 37.9 Å². The van der Waals surface area contributed by atoms with Crippen molar-refractivity contribution in [1.29, 1.82) is 42.1 Å². The van der Waals surface area contributed by atoms with Gasteiger partial charge in [0.05, 0.1) is 101 Å². The Kier molecular flexibility index (Phi) is 37.8. The molecular weight excluding hydrogens is 1680 g/mol. The molecule has 16 heteroatoms. The van der Waals surface area contributed by atoms with Gasteiger partial charge in [0.2, 0.25) is 0 Å². The number of rotatable bonds is 32. The molecule has 136 heavy (non-hydrogen) atoms. The maximum absolute atomic E-state index is 10.2. The van der Waals surface area contributed by atoms with Crippen LogP contribution >= 0.6 is 0 Å². The Labute approximate surface area is 816 Å². The van der Waals surface area contributed by atoms with Gasteiger partial charge in [-0.1, -0.05) is 263 Å². The number of hydrogen-bond acceptors (Lipinski definition) is 16. The first-order valence-electron chi connectivity index (χ1n) is 49.5. The fourth-order valence-electron chi connectivity index (χ4n) is 17.3. The number of hydrogen-bond donors (Lipinski definition) is 0. The van der Waals surface area contributed by atoms with E-state index in [1.165, 1.54) is 0 Å². The van der Waals surface area contributed by atoms with Gasteiger partial charge in [0.15, 0.2) is 0 Å². The molecule has 9 rings (SSSR count). The van der Waals surface area contributed by atoms with Crippen molar-refractivity contribution in [1.82, 2.24) is 0 Å². The second-order valence-corrected chi connectivity index (χ2v) is 45.3. The summed E-state index contributed by atoms with van der Waals surface area (Å²) in [5.41, 5.74) is 20.3. The molecule has 0 radical (unpaired) electrons. The summed E-state index contributed by atoms with van der Waals surface area (Å²) in [5.74, 6) is 5.57. The normalized spacial score (nSPS) is 12.8. The van der Waals surface area contributed by atoms with E-state index >= 15 is 0 Å². The van der Waals surface area contributed by atoms with Crippen molar-refractivity contribution in [3.05, 3.63) is 231 Å². The summed E-state index contributed by atoms with van der Waals surface area (Å²) in [4.78, 5) is 0. The topological polar surface area (TPSA) is 264 Å². The minimum atomic E-state index is -0.402. The van der Waals surface area contributed by atoms with Crippen molar-refractivity contribution in [3.8, 4) is 94.5 Å². The molecule has 0 atom stereocenters. The Morgan fingerprint density at radius 1 is 0.162 bits per heavy atom. The number of ether oxygens (including phenoxy) is 8. The summed E-state index contributed by atoms with van der Waals surface area (Å²) >= 11 is 0. The molecule has 0 fully saturated rings. The lowest BCUT2D eigenvalue weighted by Crippen LogP contribution is -2.18. The minimum Gasteiger partial charge on any atom is -0.493 e. The third-order valence-corrected chi connectivity index (χ3v) is 25.4. The Bertz CT molecular complexity index is 4590. The van der Waals surface area contributed by atoms with Crippen LogP contribution in [0.1, 0.15) is 402 Å². The van der Waals surface area contributed by atoms with E-state index in [0.29, 0.717) is 149 Å². The average Bonchev–Trinajstić information content (AvgIpc) is 0.764. The first-order valence-corrected chi connectivity index (χ1v) is 49.5. The highest BCUT2D eigenvalue weighted by Crippen LogP contribution is 2.49. The third kappa shape index (κ3) is 30.0. The lowest BCUT2D eigenvalue weighted by molar-refractivity contribution is 0.300. The Hall–Kier alpha value is -11.9. The average molecular weight is 1830 g/mol. The molecule has 0 heterocycles. The summed E-state index contributed by atoms with van der Waals surface area (Å²) in [6.07, 6.45) is 8.91. The van der Waals surface area contributed by atoms with Crippen LogP contribution in [0.4, 0.5) is 0 Å². The largest absolute Gasteiger partial charge is 0.493 e. The molecule has 720 valence electrons. The molecule has 0 aromatic heterocycles. The van der Waals surface area contributed by atoms with Crippen LogP contribution in [0.2, 0.25) is 0 Å². The summed E-state index contributed by atoms with van der Waals surface area (Å²) in [6, 6.07) is 55.9. The van der Waals surface area contributed by atoms with Gasteiger partial charge in [-0.3, -0.25) is 0 Å². The quantitative estimate of drug-likeness (QED) is 0.0355. The van der Waals surface area contributed by atoms with Crippen LogP contribution in [-0.2, 0) is 94.7 Å². The number of nitrogens with zero attached hydrogens (tertiary/aromatic N) is 8. The lowest BCUT2D eigenvalue weighted by atomic mass is 9.79. The Balaban J connectivity index is 1.56. The minimum absolute atomic E-state index is 0.255. The molecule has 1 aliphatic carbocycles. The first-order chi connectivity index (χ1) is 64.2. The highest BCUT2D eigenvalue weighted by atomic mass is 16.5. The van der Waals surface area contributed by atoms with E-state index in [9.17, 15) is 42.1 Å². The second kappa shape index (κ2) is 47.7. The molecule has 16 nitrogen and oxygen atoms in total. The molecule has 0 aliphatic heterocycles. The molecule has 0 unspecified atom stereocenters. The zero-order chi connectivity index (χ0) is 99.7. The van der Waals surface area contributed by atoms with Crippen molar-refractivity contribution >= 4 is 0 Å². The summed E-state index contributed by atoms with van der Waals surface area (Å²) in [6.45, 7) is 55.9. The predicted molar refractivity (Wildman–Crippen MR) is 546 cm³/mol. The lowest BCUT2D eigenvalue weighted by Gasteiger charge is -2.29. The van der Waals surface area contributed by atoms with Gasteiger partial charge in [-0.15, -0.1) is 0 Å². The zero-order valence-corrected chi connectivity index (χ0v) is 86.7. The van der Waals surface area contributed by atoms with Crippen LogP contribution in [-0.4, -0.2) is 52.9 Å². The van der Waals surface area contributed by atoms with Crippen LogP contribution in [0.5, 0.6) is 46.0 Å². The predicted octanol–water partition coefficient (Wildman–Crippen LogP) is 28.6. The molecular formula is C120H152N8O8. The van der Waals surface area contributed by atoms with Crippen molar-refractivity contribution < 1.29 is 37.9 Å². The molecule has 0 spiro atoms. The van der Waals surface area contributed by atoms with Gasteiger partial charge in [-0.05, 0) is 228 Å². The van der Waals surface area contributed by atoms with Crippen LogP contribution in [0.25, 0.3) is 0 Å². The fourth-order valence-corrected chi connectivity index (χ4v) is 17.3. The second-order valence-electron chi connectivity index (χ2n) is 45.3. The maximum atomic E-state index is 10.2. The molecule has 1 aliphatic rings. The van der Waals surface area contributed by atoms with E-state index < -0.39 is 43.3 Å². The van der Waals surface area contributed by atoms with Crippen molar-refractivity contribution in [3.63, 3.8) is 0 Å². The SMILES string of the molecule is CC(C)(C)c1cc2c(OCCCC#N)c(c1)Cc1cc(C(C)(C)C)cc(c1OCCCC#N)Cc1cc(C(C)(C)C)cc(c1OCCCC#N)Cc1cc(C(C)(C)C)cc(c1OCCCC#N)Cc1cc(C(C)(C)C)cc(c1OCCCC#N)Cc1cc(C(C)(C)C)cc(c1OCCCC#N)Cc1cc(C(C)(C)C)cc(c1OCCCC#N)Cc1cc(C(C)(C)C)cc(c1OCCCC#N)C2. The van der Waals surface area contributed by atoms with Gasteiger partial charge in [0, 0.05) is 103 Å². The van der Waals surface area contributed by atoms with E-state index in [2.05, 4.69) is 312 Å². The van der Waals surface area contributed by atoms with Gasteiger partial charge >= 0.3 is 0 Å². The molecule has 8 aromatic rings. The first kappa shape index (κ1) is 108. The number of unbranched alkanes of at least 4 members (excludes halogenated alkanes) is 8. The smallest absolute Gasteiger partial charge is 0.126 e. The molecule has 0 amide bonds. The van der Waals surface area contributed by atoms with E-state index in [1.54, 1.807) is 0 Å². The molecule has 8 aromatic carbocycles. The summed E-state index contributed by atoms with van der Waals surface area (Å²) in [5, 5.41) is 81.7. The molecule has 0 saturated heterocycles. The molecule has 16 bridgehead atoms. The van der Waals surface area contributed by atoms with Crippen molar-refractivity contribution in [2.75, 3.05) is 52.9 Å². The monoisotopic (exact) mass is 1830 g/mol. The summed E-state index contributed by atoms with van der Waals surface area (Å²) in [7, 11) is 0. The van der Waals surface area contributed by atoms with E-state index in [-0.39, 0.29) is 104 Å². The summed E-state index contributed by atoms with van der Waals surface area (Å²) < 4.78 is 59.0. The van der Waals surface area contributed by atoms with Crippen LogP contribution in [0.3, 0.4) is 0 Å². The van der Waals surface area contributed by atoms with Crippen molar-refractivity contribution in [2.45, 2.75) is 364 Å². The van der Waals surface area contributed by atoms with Crippen LogP contribution in [0, 0.1) is 90.6 Å². The molecule has 0 saturated carbocycles. The zero-order valence-electron chi connectivity index (χ0n) is 86.7. The highest BCUT2D eigenvalue weighted by molar-refractivity contribution is 5.64. The number of fused-ring (bicyclic) bond motifs is 16. The number of benzene rings is 8. The number of nitriles is 8. The Morgan fingerprint density at radius 3 is 0.309 bits per heavy atom. The molecule has 0 N–H and O–H groups in total. The Morgan fingerprint density at radius 2 is 0.243 bits per heavy atom. The van der Waals surface area contributed by atoms with Gasteiger partial charge in [0.25, 0.3) is 0 Å². The van der Waals surface area contributed by atoms with Gasteiger partial charge in [-0.2, -0.15) is 42.1 Å². The standard InChI is InChI=1S/C120H152N8O8/c1-113(2,3)97-65-81-57-83-67-98(114(4,5)6)69-85(106(83)130-50-34-26-42-122)59-87-71-100(116(10,11)12)73-89(108(87)132-52-36-28-44-124)61-91-75-102(118(16,17)18)77-93(110(91)134-54-38-30-46-126)63-95-79-104(120(22,23)24)80-96(112(95)136-56-40-32-48-128)64-94-78-103(119(19,20)21)76-92(111(94)135-55-39-31-47-127)62-90-74-101(117(13,14)15)72-88(109(90)133-53-37-29-45-125)60-86-70-99(115(7,8)9)68-84(107(86)131-51-35-27-43-123)58-82(66-97)105(81)129-49-33-25-41-121/h65-80H,25-40,49-64H2,1-24H3. The maximum Gasteiger partial charge on any atom is 0.126 e. The van der Waals surface area contributed by atoms with Crippen molar-refractivity contribution in [2.24, 2.45) is 0 Å². The van der Waals surface area contributed by atoms with E-state index in [1.807, 2.05) is 0 Å². The van der Waals surface area contributed by atoms with E-state index in [0.717, 1.165) is 134 Å². The highest BCUT2D eigenvalue weighted by Gasteiger charge is 2.35.